The van der Waals surface area contributed by atoms with Gasteiger partial charge in [-0.25, -0.2) is 0 Å². The van der Waals surface area contributed by atoms with E-state index in [0.29, 0.717) is 18.0 Å². The Morgan fingerprint density at radius 2 is 1.95 bits per heavy atom. The molecule has 0 aliphatic heterocycles. The highest BCUT2D eigenvalue weighted by Gasteiger charge is 2.34. The summed E-state index contributed by atoms with van der Waals surface area (Å²) in [7, 11) is 1.67. The van der Waals surface area contributed by atoms with Crippen LogP contribution in [0.25, 0.3) is 0 Å². The lowest BCUT2D eigenvalue weighted by Gasteiger charge is -2.20. The molecule has 0 aliphatic carbocycles. The molecule has 1 aromatic heterocycles. The molecular weight excluding hydrogens is 281 g/mol. The molecule has 6 heteroatoms. The topological polar surface area (TPSA) is 40.2 Å². The number of hydrogen-bond donors (Lipinski definition) is 0. The first-order valence-electron chi connectivity index (χ1n) is 6.19. The van der Waals surface area contributed by atoms with Gasteiger partial charge in [0.1, 0.15) is 11.5 Å². The van der Waals surface area contributed by atoms with Crippen molar-refractivity contribution in [2.24, 2.45) is 0 Å². The molecular formula is C15H13F3N2O. The second-order valence-corrected chi connectivity index (χ2v) is 4.71. The lowest BCUT2D eigenvalue weighted by Crippen LogP contribution is -2.17. The van der Waals surface area contributed by atoms with Crippen LogP contribution >= 0.6 is 0 Å². The molecule has 0 N–H and O–H groups in total. The third-order valence-corrected chi connectivity index (χ3v) is 3.06. The molecule has 0 bridgehead atoms. The zero-order chi connectivity index (χ0) is 15.6. The average molecular weight is 294 g/mol. The smallest absolute Gasteiger partial charge is 0.417 e. The van der Waals surface area contributed by atoms with Crippen molar-refractivity contribution in [3.63, 3.8) is 0 Å². The Bertz CT molecular complexity index is 683. The average Bonchev–Trinajstić information content (AvgIpc) is 2.82. The van der Waals surface area contributed by atoms with Crippen LogP contribution in [0.3, 0.4) is 0 Å². The minimum atomic E-state index is -4.55. The predicted octanol–water partition coefficient (Wildman–Crippen LogP) is 4.11. The van der Waals surface area contributed by atoms with Crippen LogP contribution in [-0.2, 0) is 12.7 Å². The van der Waals surface area contributed by atoms with Crippen molar-refractivity contribution in [3.8, 4) is 6.07 Å². The molecule has 0 aliphatic rings. The monoisotopic (exact) mass is 294 g/mol. The Labute approximate surface area is 120 Å². The molecule has 0 saturated carbocycles. The minimum Gasteiger partial charge on any atom is -0.464 e. The third kappa shape index (κ3) is 3.37. The Morgan fingerprint density at radius 1 is 1.24 bits per heavy atom. The van der Waals surface area contributed by atoms with Crippen molar-refractivity contribution in [1.82, 2.24) is 0 Å². The zero-order valence-electron chi connectivity index (χ0n) is 11.5. The van der Waals surface area contributed by atoms with E-state index < -0.39 is 11.7 Å². The maximum absolute atomic E-state index is 12.9. The van der Waals surface area contributed by atoms with Gasteiger partial charge in [-0.3, -0.25) is 0 Å². The second-order valence-electron chi connectivity index (χ2n) is 4.71. The van der Waals surface area contributed by atoms with Crippen LogP contribution in [0.4, 0.5) is 18.9 Å². The van der Waals surface area contributed by atoms with Gasteiger partial charge in [0.05, 0.1) is 23.7 Å². The van der Waals surface area contributed by atoms with Gasteiger partial charge in [0, 0.05) is 12.7 Å². The maximum Gasteiger partial charge on any atom is 0.417 e. The van der Waals surface area contributed by atoms with Gasteiger partial charge in [0.15, 0.2) is 0 Å². The number of furan rings is 1. The third-order valence-electron chi connectivity index (χ3n) is 3.06. The quantitative estimate of drug-likeness (QED) is 0.855. The van der Waals surface area contributed by atoms with Crippen LogP contribution < -0.4 is 4.90 Å². The number of benzene rings is 1. The summed E-state index contributed by atoms with van der Waals surface area (Å²) in [6.45, 7) is 2.14. The highest BCUT2D eigenvalue weighted by atomic mass is 19.4. The summed E-state index contributed by atoms with van der Waals surface area (Å²) >= 11 is 0. The number of nitrogens with zero attached hydrogens (tertiary/aromatic N) is 2. The summed E-state index contributed by atoms with van der Waals surface area (Å²) in [5, 5.41) is 8.77. The minimum absolute atomic E-state index is 0.344. The molecule has 0 saturated heterocycles. The van der Waals surface area contributed by atoms with Gasteiger partial charge in [0.2, 0.25) is 0 Å². The lowest BCUT2D eigenvalue weighted by atomic mass is 10.1. The highest BCUT2D eigenvalue weighted by Crippen LogP contribution is 2.34. The summed E-state index contributed by atoms with van der Waals surface area (Å²) in [6, 6.07) is 8.79. The number of rotatable bonds is 3. The molecule has 2 rings (SSSR count). The largest absolute Gasteiger partial charge is 0.464 e. The van der Waals surface area contributed by atoms with Gasteiger partial charge in [-0.1, -0.05) is 0 Å². The first kappa shape index (κ1) is 15.0. The van der Waals surface area contributed by atoms with Gasteiger partial charge < -0.3 is 9.32 Å². The number of alkyl halides is 3. The zero-order valence-corrected chi connectivity index (χ0v) is 11.5. The van der Waals surface area contributed by atoms with E-state index in [4.69, 9.17) is 9.68 Å². The van der Waals surface area contributed by atoms with E-state index in [-0.39, 0.29) is 5.56 Å². The number of aryl methyl sites for hydroxylation is 1. The van der Waals surface area contributed by atoms with Crippen LogP contribution in [-0.4, -0.2) is 7.05 Å². The fraction of sp³-hybridized carbons (Fsp3) is 0.267. The van der Waals surface area contributed by atoms with E-state index >= 15 is 0 Å². The molecule has 0 spiro atoms. The predicted molar refractivity (Wildman–Crippen MR) is 71.7 cm³/mol. The molecule has 21 heavy (non-hydrogen) atoms. The van der Waals surface area contributed by atoms with Crippen LogP contribution in [0.1, 0.15) is 22.6 Å². The number of anilines is 1. The summed E-state index contributed by atoms with van der Waals surface area (Å²) < 4.78 is 44.2. The summed E-state index contributed by atoms with van der Waals surface area (Å²) in [4.78, 5) is 1.63. The molecule has 1 aromatic carbocycles. The fourth-order valence-corrected chi connectivity index (χ4v) is 2.00. The van der Waals surface area contributed by atoms with Gasteiger partial charge in [-0.05, 0) is 37.3 Å². The summed E-state index contributed by atoms with van der Waals surface area (Å²) in [5.74, 6) is 1.40. The second kappa shape index (κ2) is 5.52. The van der Waals surface area contributed by atoms with Gasteiger partial charge in [-0.2, -0.15) is 18.4 Å². The molecule has 3 nitrogen and oxygen atoms in total. The SMILES string of the molecule is Cc1ccc(CN(C)c2ccc(C#N)c(C(F)(F)F)c2)o1. The van der Waals surface area contributed by atoms with Gasteiger partial charge in [-0.15, -0.1) is 0 Å². The standard InChI is InChI=1S/C15H13F3N2O/c1-10-3-6-13(21-10)9-20(2)12-5-4-11(8-19)14(7-12)15(16,17)18/h3-7H,9H2,1-2H3. The van der Waals surface area contributed by atoms with Crippen molar-refractivity contribution in [3.05, 3.63) is 53.0 Å². The first-order valence-corrected chi connectivity index (χ1v) is 6.19. The molecule has 0 unspecified atom stereocenters. The summed E-state index contributed by atoms with van der Waals surface area (Å²) in [5.41, 5.74) is -0.936. The Morgan fingerprint density at radius 3 is 2.48 bits per heavy atom. The molecule has 2 aromatic rings. The summed E-state index contributed by atoms with van der Waals surface area (Å²) in [6.07, 6.45) is -4.55. The Hall–Kier alpha value is -2.42. The molecule has 110 valence electrons. The molecule has 0 atom stereocenters. The lowest BCUT2D eigenvalue weighted by molar-refractivity contribution is -0.137. The fourth-order valence-electron chi connectivity index (χ4n) is 2.00. The molecule has 0 amide bonds. The number of nitriles is 1. The number of halogens is 3. The van der Waals surface area contributed by atoms with Gasteiger partial charge in [0.25, 0.3) is 0 Å². The Balaban J connectivity index is 2.30. The van der Waals surface area contributed by atoms with Crippen LogP contribution in [0.5, 0.6) is 0 Å². The van der Waals surface area contributed by atoms with Crippen molar-refractivity contribution in [1.29, 1.82) is 5.26 Å². The maximum atomic E-state index is 12.9. The van der Waals surface area contributed by atoms with Crippen molar-refractivity contribution in [2.75, 3.05) is 11.9 Å². The van der Waals surface area contributed by atoms with E-state index in [2.05, 4.69) is 0 Å². The molecule has 0 fully saturated rings. The highest BCUT2D eigenvalue weighted by molar-refractivity contribution is 5.54. The van der Waals surface area contributed by atoms with Crippen LogP contribution in [0, 0.1) is 18.3 Å². The normalized spacial score (nSPS) is 11.2. The van der Waals surface area contributed by atoms with Crippen LogP contribution in [0.2, 0.25) is 0 Å². The van der Waals surface area contributed by atoms with E-state index in [1.54, 1.807) is 37.1 Å². The number of hydrogen-bond acceptors (Lipinski definition) is 3. The van der Waals surface area contributed by atoms with Crippen LogP contribution in [0.15, 0.2) is 34.7 Å². The van der Waals surface area contributed by atoms with Crippen molar-refractivity contribution < 1.29 is 17.6 Å². The molecule has 0 radical (unpaired) electrons. The van der Waals surface area contributed by atoms with E-state index in [1.165, 1.54) is 12.1 Å². The Kier molecular flexibility index (Phi) is 3.94. The van der Waals surface area contributed by atoms with E-state index in [9.17, 15) is 13.2 Å². The molecule has 1 heterocycles. The van der Waals surface area contributed by atoms with Gasteiger partial charge >= 0.3 is 6.18 Å². The van der Waals surface area contributed by atoms with E-state index in [0.717, 1.165) is 11.8 Å². The van der Waals surface area contributed by atoms with Crippen molar-refractivity contribution in [2.45, 2.75) is 19.6 Å². The van der Waals surface area contributed by atoms with Crippen molar-refractivity contribution >= 4 is 5.69 Å². The first-order chi connectivity index (χ1) is 9.81. The van der Waals surface area contributed by atoms with E-state index in [1.807, 2.05) is 0 Å².